The Balaban J connectivity index is 2.21. The minimum absolute atomic E-state index is 0.0344. The van der Waals surface area contributed by atoms with Crippen molar-refractivity contribution in [2.45, 2.75) is 19.8 Å². The summed E-state index contributed by atoms with van der Waals surface area (Å²) >= 11 is 6.56. The van der Waals surface area contributed by atoms with Crippen LogP contribution in [0.3, 0.4) is 0 Å². The van der Waals surface area contributed by atoms with E-state index in [4.69, 9.17) is 12.2 Å². The number of thioether (sulfide) groups is 1. The van der Waals surface area contributed by atoms with Gasteiger partial charge in [-0.2, -0.15) is 0 Å². The van der Waals surface area contributed by atoms with Gasteiger partial charge in [-0.25, -0.2) is 0 Å². The molecule has 0 aromatic heterocycles. The number of hydrogen-bond donors (Lipinski definition) is 0. The molecule has 1 amide bonds. The average Bonchev–Trinajstić information content (AvgIpc) is 2.67. The van der Waals surface area contributed by atoms with E-state index >= 15 is 0 Å². The van der Waals surface area contributed by atoms with Gasteiger partial charge in [0.1, 0.15) is 4.32 Å². The molecule has 2 nitrogen and oxygen atoms in total. The first-order valence-electron chi connectivity index (χ1n) is 6.49. The van der Waals surface area contributed by atoms with Crippen molar-refractivity contribution in [3.63, 3.8) is 0 Å². The summed E-state index contributed by atoms with van der Waals surface area (Å²) in [6, 6.07) is 8.27. The number of carbonyl (C=O) groups excluding carboxylic acids is 1. The van der Waals surface area contributed by atoms with Gasteiger partial charge >= 0.3 is 0 Å². The van der Waals surface area contributed by atoms with Gasteiger partial charge in [0.05, 0.1) is 4.91 Å². The molecule has 0 spiro atoms. The van der Waals surface area contributed by atoms with E-state index in [1.54, 1.807) is 11.0 Å². The van der Waals surface area contributed by atoms with E-state index in [-0.39, 0.29) is 5.91 Å². The molecule has 0 aliphatic carbocycles. The highest BCUT2D eigenvalue weighted by Crippen LogP contribution is 2.32. The Morgan fingerprint density at radius 2 is 2.00 bits per heavy atom. The van der Waals surface area contributed by atoms with E-state index in [9.17, 15) is 4.79 Å². The molecule has 0 radical (unpaired) electrons. The third-order valence-electron chi connectivity index (χ3n) is 3.09. The highest BCUT2D eigenvalue weighted by atomic mass is 32.2. The Labute approximate surface area is 129 Å². The molecule has 0 unspecified atom stereocenters. The largest absolute Gasteiger partial charge is 0.289 e. The van der Waals surface area contributed by atoms with Crippen molar-refractivity contribution in [3.8, 4) is 0 Å². The zero-order valence-electron chi connectivity index (χ0n) is 11.6. The van der Waals surface area contributed by atoms with Crippen LogP contribution in [0, 0.1) is 0 Å². The molecule has 104 valence electrons. The van der Waals surface area contributed by atoms with E-state index in [0.29, 0.717) is 21.7 Å². The summed E-state index contributed by atoms with van der Waals surface area (Å²) in [4.78, 5) is 14.4. The van der Waals surface area contributed by atoms with Crippen molar-refractivity contribution in [1.29, 1.82) is 0 Å². The van der Waals surface area contributed by atoms with Crippen LogP contribution in [0.2, 0.25) is 0 Å². The van der Waals surface area contributed by atoms with Crippen LogP contribution in [0.1, 0.15) is 30.9 Å². The lowest BCUT2D eigenvalue weighted by molar-refractivity contribution is -0.121. The molecule has 1 saturated heterocycles. The van der Waals surface area contributed by atoms with Gasteiger partial charge in [0.2, 0.25) is 0 Å². The van der Waals surface area contributed by atoms with Gasteiger partial charge in [0.25, 0.3) is 5.91 Å². The molecule has 1 aromatic rings. The van der Waals surface area contributed by atoms with E-state index < -0.39 is 0 Å². The van der Waals surface area contributed by atoms with Gasteiger partial charge in [-0.15, -0.1) is 6.58 Å². The maximum atomic E-state index is 12.2. The number of carbonyl (C=O) groups is 1. The molecule has 1 aromatic carbocycles. The summed E-state index contributed by atoms with van der Waals surface area (Å²) in [5.41, 5.74) is 2.31. The van der Waals surface area contributed by atoms with Crippen molar-refractivity contribution < 1.29 is 4.79 Å². The van der Waals surface area contributed by atoms with Crippen LogP contribution in [0.15, 0.2) is 41.8 Å². The molecule has 2 rings (SSSR count). The van der Waals surface area contributed by atoms with Gasteiger partial charge in [-0.3, -0.25) is 9.69 Å². The fourth-order valence-electron chi connectivity index (χ4n) is 1.91. The molecular weight excluding hydrogens is 286 g/mol. The Morgan fingerprint density at radius 1 is 1.35 bits per heavy atom. The van der Waals surface area contributed by atoms with Crippen molar-refractivity contribution in [3.05, 3.63) is 53.0 Å². The molecule has 1 heterocycles. The molecule has 0 saturated carbocycles. The molecule has 4 heteroatoms. The predicted octanol–water partition coefficient (Wildman–Crippen LogP) is 4.20. The lowest BCUT2D eigenvalue weighted by Crippen LogP contribution is -2.27. The summed E-state index contributed by atoms with van der Waals surface area (Å²) in [5, 5.41) is 0. The standard InChI is InChI=1S/C16H17NOS2/c1-4-9-17-15(18)14(20-16(17)19)10-12-5-7-13(8-6-12)11(2)3/h4-8,10-11H,1,9H2,2-3H3/b14-10-. The van der Waals surface area contributed by atoms with E-state index in [0.717, 1.165) is 5.56 Å². The van der Waals surface area contributed by atoms with Crippen LogP contribution in [0.25, 0.3) is 6.08 Å². The maximum absolute atomic E-state index is 12.2. The summed E-state index contributed by atoms with van der Waals surface area (Å²) in [7, 11) is 0. The normalized spacial score (nSPS) is 17.4. The molecule has 0 N–H and O–H groups in total. The Morgan fingerprint density at radius 3 is 2.55 bits per heavy atom. The van der Waals surface area contributed by atoms with Crippen molar-refractivity contribution >= 4 is 40.3 Å². The van der Waals surface area contributed by atoms with Crippen molar-refractivity contribution in [2.24, 2.45) is 0 Å². The van der Waals surface area contributed by atoms with Gasteiger partial charge < -0.3 is 0 Å². The Kier molecular flexibility index (Phi) is 4.78. The second-order valence-electron chi connectivity index (χ2n) is 4.90. The van der Waals surface area contributed by atoms with Crippen LogP contribution >= 0.6 is 24.0 Å². The minimum atomic E-state index is -0.0344. The summed E-state index contributed by atoms with van der Waals surface area (Å²) in [6.07, 6.45) is 3.58. The topological polar surface area (TPSA) is 20.3 Å². The monoisotopic (exact) mass is 303 g/mol. The quantitative estimate of drug-likeness (QED) is 0.472. The predicted molar refractivity (Wildman–Crippen MR) is 90.6 cm³/mol. The van der Waals surface area contributed by atoms with Gasteiger partial charge in [0.15, 0.2) is 0 Å². The van der Waals surface area contributed by atoms with Crippen LogP contribution < -0.4 is 0 Å². The smallest absolute Gasteiger partial charge is 0.266 e. The fourth-order valence-corrected chi connectivity index (χ4v) is 3.19. The lowest BCUT2D eigenvalue weighted by atomic mass is 10.0. The highest BCUT2D eigenvalue weighted by Gasteiger charge is 2.30. The van der Waals surface area contributed by atoms with E-state index in [1.807, 2.05) is 18.2 Å². The van der Waals surface area contributed by atoms with Gasteiger partial charge in [-0.05, 0) is 23.1 Å². The highest BCUT2D eigenvalue weighted by molar-refractivity contribution is 8.26. The van der Waals surface area contributed by atoms with Crippen molar-refractivity contribution in [2.75, 3.05) is 6.54 Å². The molecular formula is C16H17NOS2. The number of hydrogen-bond acceptors (Lipinski definition) is 3. The van der Waals surface area contributed by atoms with Crippen LogP contribution in [-0.4, -0.2) is 21.7 Å². The SMILES string of the molecule is C=CCN1C(=O)/C(=C/c2ccc(C(C)C)cc2)SC1=S. The van der Waals surface area contributed by atoms with Crippen LogP contribution in [-0.2, 0) is 4.79 Å². The maximum Gasteiger partial charge on any atom is 0.266 e. The Hall–Kier alpha value is -1.39. The first kappa shape index (κ1) is 15.0. The Bertz CT molecular complexity index is 573. The van der Waals surface area contributed by atoms with E-state index in [2.05, 4.69) is 32.6 Å². The molecule has 1 aliphatic heterocycles. The van der Waals surface area contributed by atoms with Crippen molar-refractivity contribution in [1.82, 2.24) is 4.90 Å². The first-order valence-corrected chi connectivity index (χ1v) is 7.71. The number of amides is 1. The van der Waals surface area contributed by atoms with Crippen LogP contribution in [0.5, 0.6) is 0 Å². The molecule has 0 bridgehead atoms. The lowest BCUT2D eigenvalue weighted by Gasteiger charge is -2.10. The summed E-state index contributed by atoms with van der Waals surface area (Å²) in [5.74, 6) is 0.475. The minimum Gasteiger partial charge on any atom is -0.289 e. The van der Waals surface area contributed by atoms with E-state index in [1.165, 1.54) is 17.3 Å². The van der Waals surface area contributed by atoms with Crippen LogP contribution in [0.4, 0.5) is 0 Å². The second kappa shape index (κ2) is 6.37. The zero-order chi connectivity index (χ0) is 14.7. The first-order chi connectivity index (χ1) is 9.52. The number of nitrogens with zero attached hydrogens (tertiary/aromatic N) is 1. The molecule has 20 heavy (non-hydrogen) atoms. The zero-order valence-corrected chi connectivity index (χ0v) is 13.3. The van der Waals surface area contributed by atoms with Gasteiger partial charge in [0, 0.05) is 6.54 Å². The molecule has 1 aliphatic rings. The number of thiocarbonyl (C=S) groups is 1. The second-order valence-corrected chi connectivity index (χ2v) is 6.58. The third-order valence-corrected chi connectivity index (χ3v) is 4.46. The number of rotatable bonds is 4. The average molecular weight is 303 g/mol. The molecule has 0 atom stereocenters. The number of benzene rings is 1. The molecule has 1 fully saturated rings. The summed E-state index contributed by atoms with van der Waals surface area (Å²) in [6.45, 7) is 8.44. The summed E-state index contributed by atoms with van der Waals surface area (Å²) < 4.78 is 0.597. The fraction of sp³-hybridized carbons (Fsp3) is 0.250. The third kappa shape index (κ3) is 3.19. The van der Waals surface area contributed by atoms with Gasteiger partial charge in [-0.1, -0.05) is 68.2 Å².